The van der Waals surface area contributed by atoms with Crippen molar-refractivity contribution >= 4 is 22.2 Å². The van der Waals surface area contributed by atoms with Crippen molar-refractivity contribution in [2.75, 3.05) is 0 Å². The zero-order valence-electron chi connectivity index (χ0n) is 21.3. The van der Waals surface area contributed by atoms with E-state index < -0.39 is 33.8 Å². The maximum Gasteiger partial charge on any atom is 0.408 e. The second kappa shape index (κ2) is 11.9. The maximum atomic E-state index is 12.9. The molecule has 0 saturated heterocycles. The highest BCUT2D eigenvalue weighted by Gasteiger charge is 2.28. The van der Waals surface area contributed by atoms with Crippen molar-refractivity contribution in [1.82, 2.24) is 5.32 Å². The van der Waals surface area contributed by atoms with E-state index in [2.05, 4.69) is 5.32 Å². The van der Waals surface area contributed by atoms with Gasteiger partial charge in [0.1, 0.15) is 28.9 Å². The molecular formula is C28H31NO7S. The number of aryl methyl sites for hydroxylation is 1. The molecule has 0 fully saturated rings. The molecule has 9 heteroatoms. The van der Waals surface area contributed by atoms with Crippen molar-refractivity contribution in [1.29, 1.82) is 0 Å². The number of esters is 1. The Labute approximate surface area is 217 Å². The molecule has 0 unspecified atom stereocenters. The Bertz CT molecular complexity index is 1310. The first-order chi connectivity index (χ1) is 17.4. The van der Waals surface area contributed by atoms with E-state index in [1.807, 2.05) is 37.3 Å². The smallest absolute Gasteiger partial charge is 0.408 e. The average Bonchev–Trinajstić information content (AvgIpc) is 2.82. The summed E-state index contributed by atoms with van der Waals surface area (Å²) in [6, 6.07) is 20.7. The van der Waals surface area contributed by atoms with Gasteiger partial charge in [0, 0.05) is 6.42 Å². The summed E-state index contributed by atoms with van der Waals surface area (Å²) >= 11 is 0. The highest BCUT2D eigenvalue weighted by molar-refractivity contribution is 7.87. The Kier molecular flexibility index (Phi) is 8.94. The molecule has 1 atom stereocenters. The van der Waals surface area contributed by atoms with Crippen LogP contribution in [0.25, 0.3) is 0 Å². The lowest BCUT2D eigenvalue weighted by molar-refractivity contribution is -0.157. The lowest BCUT2D eigenvalue weighted by Gasteiger charge is -2.24. The second-order valence-corrected chi connectivity index (χ2v) is 11.0. The molecule has 0 aliphatic heterocycles. The molecule has 3 aromatic rings. The minimum absolute atomic E-state index is 0.0249. The first-order valence-electron chi connectivity index (χ1n) is 11.7. The number of carbonyl (C=O) groups excluding carboxylic acids is 2. The average molecular weight is 526 g/mol. The van der Waals surface area contributed by atoms with Crippen LogP contribution in [0.5, 0.6) is 5.75 Å². The monoisotopic (exact) mass is 525 g/mol. The van der Waals surface area contributed by atoms with E-state index in [0.717, 1.165) is 11.1 Å². The maximum absolute atomic E-state index is 12.9. The number of hydrogen-bond acceptors (Lipinski definition) is 7. The highest BCUT2D eigenvalue weighted by Crippen LogP contribution is 2.21. The van der Waals surface area contributed by atoms with Gasteiger partial charge < -0.3 is 19.0 Å². The molecule has 1 N–H and O–H groups in total. The van der Waals surface area contributed by atoms with Gasteiger partial charge in [-0.15, -0.1) is 0 Å². The molecule has 0 bridgehead atoms. The van der Waals surface area contributed by atoms with Crippen LogP contribution in [-0.4, -0.2) is 32.1 Å². The van der Waals surface area contributed by atoms with Gasteiger partial charge >= 0.3 is 22.2 Å². The normalized spacial score (nSPS) is 12.3. The molecule has 0 aliphatic rings. The standard InChI is InChI=1S/C28H31NO7S/c1-20-13-15-24(16-14-20)37(32,33)36-23-12-8-11-22(17-23)18-25(26(30)35-28(2,3)4)29-27(31)34-19-21-9-6-5-7-10-21/h5-17,25H,18-19H2,1-4H3,(H,29,31)/t25-/m0/s1. The van der Waals surface area contributed by atoms with Crippen LogP contribution in [0.4, 0.5) is 4.79 Å². The number of amides is 1. The van der Waals surface area contributed by atoms with Crippen LogP contribution >= 0.6 is 0 Å². The molecule has 0 radical (unpaired) electrons. The fraction of sp³-hybridized carbons (Fsp3) is 0.286. The second-order valence-electron chi connectivity index (χ2n) is 9.49. The molecule has 0 aromatic heterocycles. The summed E-state index contributed by atoms with van der Waals surface area (Å²) in [5.74, 6) is -0.574. The third-order valence-electron chi connectivity index (χ3n) is 5.05. The van der Waals surface area contributed by atoms with Gasteiger partial charge in [0.15, 0.2) is 0 Å². The minimum Gasteiger partial charge on any atom is -0.458 e. The first-order valence-corrected chi connectivity index (χ1v) is 13.1. The zero-order chi connectivity index (χ0) is 27.1. The number of carbonyl (C=O) groups is 2. The fourth-order valence-corrected chi connectivity index (χ4v) is 4.24. The molecule has 1 amide bonds. The summed E-state index contributed by atoms with van der Waals surface area (Å²) in [6.07, 6.45) is -0.758. The predicted octanol–water partition coefficient (Wildman–Crippen LogP) is 4.94. The number of rotatable bonds is 9. The lowest BCUT2D eigenvalue weighted by Crippen LogP contribution is -2.45. The SMILES string of the molecule is Cc1ccc(S(=O)(=O)Oc2cccc(C[C@H](NC(=O)OCc3ccccc3)C(=O)OC(C)(C)C)c2)cc1. The Morgan fingerprint density at radius 2 is 1.54 bits per heavy atom. The van der Waals surface area contributed by atoms with Crippen LogP contribution in [0.3, 0.4) is 0 Å². The Balaban J connectivity index is 1.73. The largest absolute Gasteiger partial charge is 0.458 e. The van der Waals surface area contributed by atoms with E-state index in [0.29, 0.717) is 5.56 Å². The predicted molar refractivity (Wildman–Crippen MR) is 139 cm³/mol. The number of benzene rings is 3. The molecule has 0 spiro atoms. The van der Waals surface area contributed by atoms with Crippen molar-refractivity contribution < 1.29 is 31.7 Å². The van der Waals surface area contributed by atoms with Crippen LogP contribution in [-0.2, 0) is 37.4 Å². The van der Waals surface area contributed by atoms with Crippen molar-refractivity contribution in [2.45, 2.75) is 57.3 Å². The number of alkyl carbamates (subject to hydrolysis) is 1. The number of nitrogens with one attached hydrogen (secondary N) is 1. The third-order valence-corrected chi connectivity index (χ3v) is 6.31. The fourth-order valence-electron chi connectivity index (χ4n) is 3.31. The summed E-state index contributed by atoms with van der Waals surface area (Å²) in [4.78, 5) is 25.4. The summed E-state index contributed by atoms with van der Waals surface area (Å²) < 4.78 is 41.4. The van der Waals surface area contributed by atoms with E-state index in [1.165, 1.54) is 24.3 Å². The van der Waals surface area contributed by atoms with Gasteiger partial charge in [-0.25, -0.2) is 9.59 Å². The first kappa shape index (κ1) is 27.7. The molecule has 37 heavy (non-hydrogen) atoms. The lowest BCUT2D eigenvalue weighted by atomic mass is 10.1. The molecule has 196 valence electrons. The third kappa shape index (κ3) is 8.95. The van der Waals surface area contributed by atoms with E-state index in [4.69, 9.17) is 13.7 Å². The van der Waals surface area contributed by atoms with Gasteiger partial charge in [0.2, 0.25) is 0 Å². The van der Waals surface area contributed by atoms with Gasteiger partial charge in [-0.2, -0.15) is 8.42 Å². The van der Waals surface area contributed by atoms with Crippen molar-refractivity contribution in [3.63, 3.8) is 0 Å². The van der Waals surface area contributed by atoms with Gasteiger partial charge in [-0.3, -0.25) is 0 Å². The van der Waals surface area contributed by atoms with Gasteiger partial charge in [0.05, 0.1) is 0 Å². The van der Waals surface area contributed by atoms with Crippen LogP contribution < -0.4 is 9.50 Å². The molecule has 3 rings (SSSR count). The van der Waals surface area contributed by atoms with Crippen LogP contribution in [0.15, 0.2) is 83.8 Å². The molecule has 0 aliphatic carbocycles. The molecule has 3 aromatic carbocycles. The number of hydrogen-bond donors (Lipinski definition) is 1. The van der Waals surface area contributed by atoms with Crippen LogP contribution in [0.1, 0.15) is 37.5 Å². The van der Waals surface area contributed by atoms with E-state index in [-0.39, 0.29) is 23.7 Å². The van der Waals surface area contributed by atoms with Crippen molar-refractivity contribution in [3.05, 3.63) is 95.6 Å². The van der Waals surface area contributed by atoms with E-state index in [1.54, 1.807) is 45.0 Å². The molecular weight excluding hydrogens is 494 g/mol. The Morgan fingerprint density at radius 3 is 2.19 bits per heavy atom. The Hall–Kier alpha value is -3.85. The molecule has 0 heterocycles. The van der Waals surface area contributed by atoms with Crippen LogP contribution in [0, 0.1) is 6.92 Å². The van der Waals surface area contributed by atoms with E-state index >= 15 is 0 Å². The van der Waals surface area contributed by atoms with Gasteiger partial charge in [-0.1, -0.05) is 60.2 Å². The van der Waals surface area contributed by atoms with Crippen molar-refractivity contribution in [2.24, 2.45) is 0 Å². The van der Waals surface area contributed by atoms with Crippen molar-refractivity contribution in [3.8, 4) is 5.75 Å². The van der Waals surface area contributed by atoms with Crippen LogP contribution in [0.2, 0.25) is 0 Å². The van der Waals surface area contributed by atoms with E-state index in [9.17, 15) is 18.0 Å². The van der Waals surface area contributed by atoms with Gasteiger partial charge in [0.25, 0.3) is 0 Å². The highest BCUT2D eigenvalue weighted by atomic mass is 32.2. The summed E-state index contributed by atoms with van der Waals surface area (Å²) in [5.41, 5.74) is 1.49. The zero-order valence-corrected chi connectivity index (χ0v) is 22.1. The topological polar surface area (TPSA) is 108 Å². The quantitative estimate of drug-likeness (QED) is 0.311. The minimum atomic E-state index is -4.05. The molecule has 8 nitrogen and oxygen atoms in total. The van der Waals surface area contributed by atoms with Gasteiger partial charge in [-0.05, 0) is 63.1 Å². The number of ether oxygens (including phenoxy) is 2. The molecule has 0 saturated carbocycles. The Morgan fingerprint density at radius 1 is 0.892 bits per heavy atom. The summed E-state index contributed by atoms with van der Waals surface area (Å²) in [6.45, 7) is 7.06. The summed E-state index contributed by atoms with van der Waals surface area (Å²) in [7, 11) is -4.05. The summed E-state index contributed by atoms with van der Waals surface area (Å²) in [5, 5.41) is 2.56.